The number of carbonyl (C=O) groups excluding carboxylic acids is 1. The number of hydrogen-bond acceptors (Lipinski definition) is 7. The first-order valence-electron chi connectivity index (χ1n) is 9.31. The molecule has 0 spiro atoms. The Kier molecular flexibility index (Phi) is 6.65. The third kappa shape index (κ3) is 5.18. The number of methoxy groups -OCH3 is 1. The highest BCUT2D eigenvalue weighted by Crippen LogP contribution is 2.32. The lowest BCUT2D eigenvalue weighted by Gasteiger charge is -2.22. The summed E-state index contributed by atoms with van der Waals surface area (Å²) in [6.45, 7) is 4.09. The van der Waals surface area contributed by atoms with Gasteiger partial charge < -0.3 is 4.74 Å². The number of Topliss-reactive ketones (excluding diaryl/α,β-unsaturated/α-hetero) is 1. The summed E-state index contributed by atoms with van der Waals surface area (Å²) >= 11 is 1.75. The van der Waals surface area contributed by atoms with Crippen molar-refractivity contribution in [1.82, 2.24) is 19.3 Å². The molecule has 158 valence electrons. The third-order valence-electron chi connectivity index (χ3n) is 5.10. The van der Waals surface area contributed by atoms with Crippen molar-refractivity contribution in [2.24, 2.45) is 0 Å². The molecule has 0 unspecified atom stereocenters. The molecule has 2 atom stereocenters. The van der Waals surface area contributed by atoms with E-state index in [1.807, 2.05) is 24.3 Å². The van der Waals surface area contributed by atoms with Crippen molar-refractivity contribution in [3.63, 3.8) is 0 Å². The zero-order chi connectivity index (χ0) is 21.2. The first-order chi connectivity index (χ1) is 13.7. The average molecular weight is 439 g/mol. The van der Waals surface area contributed by atoms with Crippen molar-refractivity contribution < 1.29 is 17.9 Å². The van der Waals surface area contributed by atoms with Crippen molar-refractivity contribution in [3.05, 3.63) is 41.2 Å². The zero-order valence-electron chi connectivity index (χ0n) is 17.0. The highest BCUT2D eigenvalue weighted by molar-refractivity contribution is 7.99. The first-order valence-corrected chi connectivity index (χ1v) is 12.2. The van der Waals surface area contributed by atoms with Crippen LogP contribution in [0.25, 0.3) is 0 Å². The van der Waals surface area contributed by atoms with Crippen molar-refractivity contribution >= 4 is 27.6 Å². The van der Waals surface area contributed by atoms with E-state index in [1.165, 1.54) is 18.7 Å². The van der Waals surface area contributed by atoms with Crippen molar-refractivity contribution in [2.75, 3.05) is 19.9 Å². The Bertz CT molecular complexity index is 973. The number of aromatic nitrogens is 3. The maximum absolute atomic E-state index is 12.3. The van der Waals surface area contributed by atoms with Gasteiger partial charge in [-0.25, -0.2) is 13.1 Å². The van der Waals surface area contributed by atoms with Crippen LogP contribution >= 0.6 is 11.8 Å². The van der Waals surface area contributed by atoms with E-state index in [-0.39, 0.29) is 17.1 Å². The second-order valence-corrected chi connectivity index (χ2v) is 10.5. The molecule has 0 N–H and O–H groups in total. The summed E-state index contributed by atoms with van der Waals surface area (Å²) in [5, 5.41) is 8.18. The molecule has 0 bridgehead atoms. The highest BCUT2D eigenvalue weighted by atomic mass is 32.2. The monoisotopic (exact) mass is 438 g/mol. The van der Waals surface area contributed by atoms with Crippen LogP contribution in [-0.2, 0) is 22.3 Å². The van der Waals surface area contributed by atoms with Gasteiger partial charge in [0.15, 0.2) is 11.5 Å². The molecule has 2 heterocycles. The lowest BCUT2D eigenvalue weighted by Crippen LogP contribution is -2.37. The minimum Gasteiger partial charge on any atom is -0.497 e. The molecule has 1 saturated heterocycles. The quantitative estimate of drug-likeness (QED) is 0.583. The zero-order valence-corrected chi connectivity index (χ0v) is 18.7. The lowest BCUT2D eigenvalue weighted by molar-refractivity contribution is 0.101. The van der Waals surface area contributed by atoms with Crippen LogP contribution in [0.4, 0.5) is 0 Å². The molecule has 2 aromatic rings. The van der Waals surface area contributed by atoms with Crippen LogP contribution in [0.15, 0.2) is 24.3 Å². The average Bonchev–Trinajstić information content (AvgIpc) is 3.24. The van der Waals surface area contributed by atoms with Crippen LogP contribution in [0.3, 0.4) is 0 Å². The van der Waals surface area contributed by atoms with E-state index in [0.29, 0.717) is 24.5 Å². The standard InChI is InChI=1S/C19H26N4O4S2/c1-13-19(14(2)24)20-21-22(13)10-16-9-18(11-23(16)29(4,25)26)28-12-15-5-7-17(27-3)8-6-15/h5-8,16,18H,9-12H2,1-4H3/t16-,18+/m0/s1. The summed E-state index contributed by atoms with van der Waals surface area (Å²) < 4.78 is 33.0. The van der Waals surface area contributed by atoms with Gasteiger partial charge in [-0.05, 0) is 31.0 Å². The van der Waals surface area contributed by atoms with Gasteiger partial charge in [-0.15, -0.1) is 5.10 Å². The molecule has 0 aliphatic carbocycles. The number of hydrogen-bond donors (Lipinski definition) is 0. The number of rotatable bonds is 8. The fourth-order valence-corrected chi connectivity index (χ4v) is 6.02. The molecule has 1 fully saturated rings. The van der Waals surface area contributed by atoms with Crippen LogP contribution in [-0.4, -0.2) is 64.7 Å². The Morgan fingerprint density at radius 1 is 1.31 bits per heavy atom. The van der Waals surface area contributed by atoms with Crippen LogP contribution in [0, 0.1) is 6.92 Å². The fraction of sp³-hybridized carbons (Fsp3) is 0.526. The summed E-state index contributed by atoms with van der Waals surface area (Å²) in [5.41, 5.74) is 2.17. The van der Waals surface area contributed by atoms with Gasteiger partial charge in [-0.2, -0.15) is 16.1 Å². The van der Waals surface area contributed by atoms with Gasteiger partial charge in [0.1, 0.15) is 5.75 Å². The largest absolute Gasteiger partial charge is 0.497 e. The predicted octanol–water partition coefficient (Wildman–Crippen LogP) is 2.13. The highest BCUT2D eigenvalue weighted by Gasteiger charge is 2.38. The molecule has 29 heavy (non-hydrogen) atoms. The van der Waals surface area contributed by atoms with Crippen LogP contribution in [0.1, 0.15) is 35.1 Å². The summed E-state index contributed by atoms with van der Waals surface area (Å²) in [6.07, 6.45) is 1.97. The second-order valence-electron chi connectivity index (χ2n) is 7.27. The number of ether oxygens (including phenoxy) is 1. The molecule has 0 radical (unpaired) electrons. The van der Waals surface area contributed by atoms with Gasteiger partial charge in [-0.1, -0.05) is 17.3 Å². The molecule has 1 aromatic carbocycles. The maximum atomic E-state index is 12.3. The van der Waals surface area contributed by atoms with Gasteiger partial charge in [0.25, 0.3) is 0 Å². The Balaban J connectivity index is 1.69. The van der Waals surface area contributed by atoms with E-state index >= 15 is 0 Å². The number of ketones is 1. The van der Waals surface area contributed by atoms with E-state index in [2.05, 4.69) is 10.3 Å². The summed E-state index contributed by atoms with van der Waals surface area (Å²) in [7, 11) is -1.71. The smallest absolute Gasteiger partial charge is 0.211 e. The normalized spacial score (nSPS) is 20.1. The van der Waals surface area contributed by atoms with Crippen molar-refractivity contribution in [3.8, 4) is 5.75 Å². The molecular formula is C19H26N4O4S2. The van der Waals surface area contributed by atoms with Gasteiger partial charge >= 0.3 is 0 Å². The van der Waals surface area contributed by atoms with Crippen molar-refractivity contribution in [1.29, 1.82) is 0 Å². The molecule has 3 rings (SSSR count). The predicted molar refractivity (Wildman–Crippen MR) is 113 cm³/mol. The number of thioether (sulfide) groups is 1. The number of benzene rings is 1. The molecule has 8 nitrogen and oxygen atoms in total. The van der Waals surface area contributed by atoms with Gasteiger partial charge in [0, 0.05) is 30.5 Å². The summed E-state index contributed by atoms with van der Waals surface area (Å²) in [4.78, 5) is 11.6. The fourth-order valence-electron chi connectivity index (χ4n) is 3.53. The number of nitrogens with zero attached hydrogens (tertiary/aromatic N) is 4. The Labute approximate surface area is 175 Å². The summed E-state index contributed by atoms with van der Waals surface area (Å²) in [5.74, 6) is 1.47. The minimum atomic E-state index is -3.34. The Hall–Kier alpha value is -1.91. The SMILES string of the molecule is COc1ccc(CS[C@@H]2C[C@@H](Cn3nnc(C(C)=O)c3C)N(S(C)(=O)=O)C2)cc1. The minimum absolute atomic E-state index is 0.145. The molecule has 0 amide bonds. The van der Waals surface area contributed by atoms with E-state index in [1.54, 1.807) is 34.8 Å². The topological polar surface area (TPSA) is 94.4 Å². The van der Waals surface area contributed by atoms with E-state index < -0.39 is 10.0 Å². The Morgan fingerprint density at radius 2 is 2.00 bits per heavy atom. The number of sulfonamides is 1. The molecule has 1 aromatic heterocycles. The lowest BCUT2D eigenvalue weighted by atomic mass is 10.2. The van der Waals surface area contributed by atoms with Gasteiger partial charge in [0.2, 0.25) is 10.0 Å². The van der Waals surface area contributed by atoms with Crippen LogP contribution in [0.5, 0.6) is 5.75 Å². The summed E-state index contributed by atoms with van der Waals surface area (Å²) in [6, 6.07) is 7.69. The Morgan fingerprint density at radius 3 is 2.55 bits per heavy atom. The molecule has 10 heteroatoms. The van der Waals surface area contributed by atoms with Gasteiger partial charge in [-0.3, -0.25) is 4.79 Å². The third-order valence-corrected chi connectivity index (χ3v) is 7.71. The van der Waals surface area contributed by atoms with Gasteiger partial charge in [0.05, 0.1) is 25.6 Å². The van der Waals surface area contributed by atoms with E-state index in [0.717, 1.165) is 17.9 Å². The molecule has 1 aliphatic rings. The molecular weight excluding hydrogens is 412 g/mol. The van der Waals surface area contributed by atoms with Crippen LogP contribution in [0.2, 0.25) is 0 Å². The first kappa shape index (κ1) is 21.8. The van der Waals surface area contributed by atoms with E-state index in [4.69, 9.17) is 4.74 Å². The second kappa shape index (κ2) is 8.85. The van der Waals surface area contributed by atoms with Crippen LogP contribution < -0.4 is 4.74 Å². The van der Waals surface area contributed by atoms with E-state index in [9.17, 15) is 13.2 Å². The maximum Gasteiger partial charge on any atom is 0.211 e. The van der Waals surface area contributed by atoms with Crippen molar-refractivity contribution in [2.45, 2.75) is 43.9 Å². The molecule has 0 saturated carbocycles. The number of carbonyl (C=O) groups is 1. The molecule has 1 aliphatic heterocycles.